The highest BCUT2D eigenvalue weighted by molar-refractivity contribution is 5.85. The van der Waals surface area contributed by atoms with E-state index in [0.29, 0.717) is 12.0 Å². The Bertz CT molecular complexity index is 348. The van der Waals surface area contributed by atoms with E-state index in [-0.39, 0.29) is 24.4 Å². The molecule has 3 aliphatic rings. The predicted octanol–water partition coefficient (Wildman–Crippen LogP) is 2.45. The zero-order valence-electron chi connectivity index (χ0n) is 13.6. The summed E-state index contributed by atoms with van der Waals surface area (Å²) in [6.45, 7) is 2.29. The largest absolute Gasteiger partial charge is 0.352 e. The van der Waals surface area contributed by atoms with Gasteiger partial charge in [0.15, 0.2) is 0 Å². The molecule has 0 bridgehead atoms. The molecule has 2 aliphatic carbocycles. The number of carbonyl (C=O) groups excluding carboxylic acids is 1. The van der Waals surface area contributed by atoms with Crippen molar-refractivity contribution in [2.24, 2.45) is 11.7 Å². The molecular weight excluding hydrogens is 298 g/mol. The minimum atomic E-state index is -0.297. The van der Waals surface area contributed by atoms with Gasteiger partial charge in [0.05, 0.1) is 6.04 Å². The van der Waals surface area contributed by atoms with Crippen LogP contribution < -0.4 is 11.1 Å². The molecule has 22 heavy (non-hydrogen) atoms. The van der Waals surface area contributed by atoms with Gasteiger partial charge in [0.2, 0.25) is 5.91 Å². The minimum Gasteiger partial charge on any atom is -0.352 e. The lowest BCUT2D eigenvalue weighted by atomic mass is 9.85. The molecule has 3 fully saturated rings. The Kier molecular flexibility index (Phi) is 6.97. The lowest BCUT2D eigenvalue weighted by Crippen LogP contribution is -2.50. The first-order valence-electron chi connectivity index (χ1n) is 9.02. The summed E-state index contributed by atoms with van der Waals surface area (Å²) in [6.07, 6.45) is 12.4. The number of likely N-dealkylation sites (tertiary alicyclic amines) is 1. The summed E-state index contributed by atoms with van der Waals surface area (Å²) in [4.78, 5) is 14.9. The van der Waals surface area contributed by atoms with E-state index in [9.17, 15) is 4.79 Å². The molecule has 4 nitrogen and oxygen atoms in total. The Morgan fingerprint density at radius 1 is 1.05 bits per heavy atom. The number of amides is 1. The van der Waals surface area contributed by atoms with Gasteiger partial charge in [0.1, 0.15) is 0 Å². The van der Waals surface area contributed by atoms with E-state index >= 15 is 0 Å². The van der Waals surface area contributed by atoms with Gasteiger partial charge in [-0.25, -0.2) is 0 Å². The number of rotatable bonds is 5. The average molecular weight is 330 g/mol. The number of piperidine rings is 1. The van der Waals surface area contributed by atoms with Crippen molar-refractivity contribution >= 4 is 18.3 Å². The summed E-state index contributed by atoms with van der Waals surface area (Å²) in [5, 5.41) is 3.20. The first-order chi connectivity index (χ1) is 10.2. The van der Waals surface area contributed by atoms with Crippen LogP contribution in [0, 0.1) is 5.92 Å². The van der Waals surface area contributed by atoms with E-state index in [2.05, 4.69) is 10.2 Å². The van der Waals surface area contributed by atoms with Gasteiger partial charge in [-0.05, 0) is 38.0 Å². The summed E-state index contributed by atoms with van der Waals surface area (Å²) in [6, 6.07) is 0.912. The van der Waals surface area contributed by atoms with Crippen LogP contribution in [-0.2, 0) is 4.79 Å². The van der Waals surface area contributed by atoms with Gasteiger partial charge in [-0.15, -0.1) is 12.4 Å². The van der Waals surface area contributed by atoms with Gasteiger partial charge in [-0.2, -0.15) is 0 Å². The van der Waals surface area contributed by atoms with Crippen molar-refractivity contribution < 1.29 is 4.79 Å². The van der Waals surface area contributed by atoms with Crippen molar-refractivity contribution in [1.82, 2.24) is 10.2 Å². The first-order valence-corrected chi connectivity index (χ1v) is 9.02. The summed E-state index contributed by atoms with van der Waals surface area (Å²) in [7, 11) is 0. The van der Waals surface area contributed by atoms with Crippen LogP contribution in [0.15, 0.2) is 0 Å². The molecule has 0 aromatic rings. The predicted molar refractivity (Wildman–Crippen MR) is 92.2 cm³/mol. The molecule has 3 N–H and O–H groups in total. The van der Waals surface area contributed by atoms with E-state index in [1.165, 1.54) is 44.9 Å². The highest BCUT2D eigenvalue weighted by atomic mass is 35.5. The number of hydrogen-bond acceptors (Lipinski definition) is 3. The van der Waals surface area contributed by atoms with Crippen LogP contribution in [0.5, 0.6) is 0 Å². The van der Waals surface area contributed by atoms with Gasteiger partial charge in [-0.3, -0.25) is 4.79 Å². The summed E-state index contributed by atoms with van der Waals surface area (Å²) in [5.41, 5.74) is 6.13. The second-order valence-electron chi connectivity index (χ2n) is 7.40. The number of nitrogens with one attached hydrogen (secondary N) is 1. The molecule has 1 heterocycles. The molecule has 1 atom stereocenters. The van der Waals surface area contributed by atoms with Crippen molar-refractivity contribution in [2.45, 2.75) is 82.3 Å². The van der Waals surface area contributed by atoms with Gasteiger partial charge in [0.25, 0.3) is 0 Å². The van der Waals surface area contributed by atoms with Crippen LogP contribution in [0.4, 0.5) is 0 Å². The van der Waals surface area contributed by atoms with Crippen LogP contribution in [0.25, 0.3) is 0 Å². The number of nitrogens with two attached hydrogens (primary N) is 1. The molecule has 128 valence electrons. The average Bonchev–Trinajstić information content (AvgIpc) is 3.34. The number of nitrogens with zero attached hydrogens (tertiary/aromatic N) is 1. The molecule has 0 radical (unpaired) electrons. The lowest BCUT2D eigenvalue weighted by molar-refractivity contribution is -0.123. The standard InChI is InChI=1S/C17H31N3O.ClH/c18-16(12-13-4-2-1-3-5-13)17(21)19-14-8-10-20(11-9-14)15-6-7-15;/h13-16H,1-12,18H2,(H,19,21);1H. The molecular formula is C17H32ClN3O. The zero-order valence-corrected chi connectivity index (χ0v) is 14.5. The van der Waals surface area contributed by atoms with Crippen molar-refractivity contribution in [1.29, 1.82) is 0 Å². The Hall–Kier alpha value is -0.320. The van der Waals surface area contributed by atoms with Crippen molar-refractivity contribution in [2.75, 3.05) is 13.1 Å². The Morgan fingerprint density at radius 2 is 1.68 bits per heavy atom. The molecule has 1 unspecified atom stereocenters. The van der Waals surface area contributed by atoms with Gasteiger partial charge >= 0.3 is 0 Å². The SMILES string of the molecule is Cl.NC(CC1CCCCC1)C(=O)NC1CCN(C2CC2)CC1. The van der Waals surface area contributed by atoms with E-state index in [1.807, 2.05) is 0 Å². The Morgan fingerprint density at radius 3 is 2.27 bits per heavy atom. The number of halogens is 1. The summed E-state index contributed by atoms with van der Waals surface area (Å²) < 4.78 is 0. The van der Waals surface area contributed by atoms with Crippen LogP contribution in [0.2, 0.25) is 0 Å². The van der Waals surface area contributed by atoms with Crippen molar-refractivity contribution in [3.63, 3.8) is 0 Å². The maximum Gasteiger partial charge on any atom is 0.237 e. The maximum absolute atomic E-state index is 12.3. The minimum absolute atomic E-state index is 0. The third kappa shape index (κ3) is 5.10. The molecule has 0 aromatic heterocycles. The highest BCUT2D eigenvalue weighted by Crippen LogP contribution is 2.29. The fourth-order valence-electron chi connectivity index (χ4n) is 4.05. The van der Waals surface area contributed by atoms with E-state index in [1.54, 1.807) is 0 Å². The second kappa shape index (κ2) is 8.51. The van der Waals surface area contributed by atoms with E-state index in [4.69, 9.17) is 5.73 Å². The van der Waals surface area contributed by atoms with E-state index < -0.39 is 0 Å². The van der Waals surface area contributed by atoms with Crippen LogP contribution >= 0.6 is 12.4 Å². The smallest absolute Gasteiger partial charge is 0.237 e. The molecule has 5 heteroatoms. The third-order valence-electron chi connectivity index (χ3n) is 5.59. The fourth-order valence-corrected chi connectivity index (χ4v) is 4.05. The monoisotopic (exact) mass is 329 g/mol. The van der Waals surface area contributed by atoms with Crippen LogP contribution in [0.1, 0.15) is 64.2 Å². The van der Waals surface area contributed by atoms with Crippen LogP contribution in [0.3, 0.4) is 0 Å². The highest BCUT2D eigenvalue weighted by Gasteiger charge is 2.32. The van der Waals surface area contributed by atoms with Gasteiger partial charge in [0, 0.05) is 25.2 Å². The van der Waals surface area contributed by atoms with Crippen LogP contribution in [-0.4, -0.2) is 42.0 Å². The molecule has 1 aliphatic heterocycles. The molecule has 0 aromatic carbocycles. The molecule has 1 saturated heterocycles. The summed E-state index contributed by atoms with van der Waals surface area (Å²) in [5.74, 6) is 0.765. The molecule has 0 spiro atoms. The molecule has 3 rings (SSSR count). The lowest BCUT2D eigenvalue weighted by Gasteiger charge is -2.33. The first kappa shape index (κ1) is 18.0. The van der Waals surface area contributed by atoms with Crippen molar-refractivity contribution in [3.05, 3.63) is 0 Å². The van der Waals surface area contributed by atoms with Gasteiger partial charge in [-0.1, -0.05) is 32.1 Å². The maximum atomic E-state index is 12.3. The number of hydrogen-bond donors (Lipinski definition) is 2. The third-order valence-corrected chi connectivity index (χ3v) is 5.59. The van der Waals surface area contributed by atoms with Crippen molar-refractivity contribution in [3.8, 4) is 0 Å². The second-order valence-corrected chi connectivity index (χ2v) is 7.40. The zero-order chi connectivity index (χ0) is 14.7. The summed E-state index contributed by atoms with van der Waals surface area (Å²) >= 11 is 0. The Labute approximate surface area is 141 Å². The molecule has 1 amide bonds. The van der Waals surface area contributed by atoms with E-state index in [0.717, 1.165) is 38.4 Å². The fraction of sp³-hybridized carbons (Fsp3) is 0.941. The molecule has 2 saturated carbocycles. The number of carbonyl (C=O) groups is 1. The quantitative estimate of drug-likeness (QED) is 0.814. The topological polar surface area (TPSA) is 58.4 Å². The normalized spacial score (nSPS) is 26.2. The van der Waals surface area contributed by atoms with Gasteiger partial charge < -0.3 is 16.0 Å². The Balaban J connectivity index is 0.00000176.